The van der Waals surface area contributed by atoms with Crippen molar-refractivity contribution >= 4 is 33.3 Å². The molecule has 0 saturated carbocycles. The number of anilines is 1. The normalized spacial score (nSPS) is 11.7. The standard InChI is InChI=1S/C17H21N5OS/c1-17(2,3)15-8-12(20-21-15)9-22(4)16(23)19-11-5-6-13-14(7-11)24-10-18-13/h5-8,10H,9H2,1-4H3,(H,19,23)(H,20,21). The van der Waals surface area contributed by atoms with E-state index in [4.69, 9.17) is 0 Å². The maximum atomic E-state index is 12.4. The van der Waals surface area contributed by atoms with Crippen molar-refractivity contribution in [1.29, 1.82) is 0 Å². The van der Waals surface area contributed by atoms with Gasteiger partial charge in [0, 0.05) is 18.2 Å². The quantitative estimate of drug-likeness (QED) is 0.755. The third kappa shape index (κ3) is 3.56. The maximum Gasteiger partial charge on any atom is 0.321 e. The van der Waals surface area contributed by atoms with Crippen LogP contribution < -0.4 is 5.32 Å². The lowest BCUT2D eigenvalue weighted by atomic mass is 9.92. The number of aromatic nitrogens is 3. The molecule has 0 radical (unpaired) electrons. The predicted octanol–water partition coefficient (Wildman–Crippen LogP) is 3.98. The molecular weight excluding hydrogens is 322 g/mol. The van der Waals surface area contributed by atoms with Crippen molar-refractivity contribution in [3.63, 3.8) is 0 Å². The average Bonchev–Trinajstić information content (AvgIpc) is 3.14. The van der Waals surface area contributed by atoms with E-state index in [-0.39, 0.29) is 11.4 Å². The summed E-state index contributed by atoms with van der Waals surface area (Å²) in [5, 5.41) is 10.2. The van der Waals surface area contributed by atoms with Gasteiger partial charge in [-0.15, -0.1) is 11.3 Å². The summed E-state index contributed by atoms with van der Waals surface area (Å²) in [6, 6.07) is 7.55. The van der Waals surface area contributed by atoms with E-state index in [1.807, 2.05) is 24.3 Å². The van der Waals surface area contributed by atoms with Gasteiger partial charge in [-0.3, -0.25) is 5.10 Å². The minimum Gasteiger partial charge on any atom is -0.322 e. The topological polar surface area (TPSA) is 73.9 Å². The number of benzene rings is 1. The van der Waals surface area contributed by atoms with E-state index < -0.39 is 0 Å². The molecule has 0 aliphatic rings. The molecule has 24 heavy (non-hydrogen) atoms. The Hall–Kier alpha value is -2.41. The van der Waals surface area contributed by atoms with Crippen molar-refractivity contribution in [3.8, 4) is 0 Å². The zero-order valence-electron chi connectivity index (χ0n) is 14.3. The number of amides is 2. The van der Waals surface area contributed by atoms with Gasteiger partial charge in [-0.2, -0.15) is 5.10 Å². The molecule has 0 saturated heterocycles. The van der Waals surface area contributed by atoms with Crippen LogP contribution in [-0.4, -0.2) is 33.2 Å². The molecule has 6 nitrogen and oxygen atoms in total. The van der Waals surface area contributed by atoms with Crippen LogP contribution in [0.1, 0.15) is 32.2 Å². The van der Waals surface area contributed by atoms with Crippen LogP contribution in [0.15, 0.2) is 29.8 Å². The fourth-order valence-electron chi connectivity index (χ4n) is 2.31. The van der Waals surface area contributed by atoms with E-state index in [1.165, 1.54) is 0 Å². The molecule has 0 spiro atoms. The van der Waals surface area contributed by atoms with Crippen LogP contribution in [0.4, 0.5) is 10.5 Å². The number of nitrogens with one attached hydrogen (secondary N) is 2. The smallest absolute Gasteiger partial charge is 0.321 e. The SMILES string of the molecule is CN(Cc1cc(C(C)(C)C)n[nH]1)C(=O)Nc1ccc2ncsc2c1. The van der Waals surface area contributed by atoms with Crippen LogP contribution in [-0.2, 0) is 12.0 Å². The highest BCUT2D eigenvalue weighted by Crippen LogP contribution is 2.23. The Labute approximate surface area is 144 Å². The lowest BCUT2D eigenvalue weighted by Gasteiger charge is -2.17. The largest absolute Gasteiger partial charge is 0.322 e. The van der Waals surface area contributed by atoms with E-state index >= 15 is 0 Å². The Morgan fingerprint density at radius 2 is 2.12 bits per heavy atom. The lowest BCUT2D eigenvalue weighted by Crippen LogP contribution is -2.30. The molecule has 0 fully saturated rings. The van der Waals surface area contributed by atoms with E-state index in [9.17, 15) is 4.79 Å². The molecule has 0 aliphatic carbocycles. The number of thiazole rings is 1. The number of hydrogen-bond donors (Lipinski definition) is 2. The molecule has 3 aromatic rings. The number of aromatic amines is 1. The molecule has 2 aromatic heterocycles. The first-order valence-electron chi connectivity index (χ1n) is 7.73. The number of carbonyl (C=O) groups is 1. The van der Waals surface area contributed by atoms with Crippen LogP contribution in [0.2, 0.25) is 0 Å². The summed E-state index contributed by atoms with van der Waals surface area (Å²) in [6.07, 6.45) is 0. The Bertz CT molecular complexity index is 861. The first-order chi connectivity index (χ1) is 11.3. The van der Waals surface area contributed by atoms with Crippen molar-refractivity contribution in [2.45, 2.75) is 32.7 Å². The molecule has 1 aromatic carbocycles. The second kappa shape index (κ2) is 6.24. The Morgan fingerprint density at radius 3 is 2.83 bits per heavy atom. The van der Waals surface area contributed by atoms with Gasteiger partial charge in [0.2, 0.25) is 0 Å². The number of nitrogens with zero attached hydrogens (tertiary/aromatic N) is 3. The van der Waals surface area contributed by atoms with Gasteiger partial charge in [0.25, 0.3) is 0 Å². The zero-order valence-corrected chi connectivity index (χ0v) is 15.1. The van der Waals surface area contributed by atoms with Gasteiger partial charge < -0.3 is 10.2 Å². The molecule has 0 aliphatic heterocycles. The first kappa shape index (κ1) is 16.4. The van der Waals surface area contributed by atoms with Gasteiger partial charge in [-0.25, -0.2) is 9.78 Å². The van der Waals surface area contributed by atoms with Crippen molar-refractivity contribution in [2.24, 2.45) is 0 Å². The number of carbonyl (C=O) groups excluding carboxylic acids is 1. The third-order valence-electron chi connectivity index (χ3n) is 3.74. The highest BCUT2D eigenvalue weighted by atomic mass is 32.1. The monoisotopic (exact) mass is 343 g/mol. The van der Waals surface area contributed by atoms with Crippen molar-refractivity contribution in [2.75, 3.05) is 12.4 Å². The summed E-state index contributed by atoms with van der Waals surface area (Å²) < 4.78 is 1.05. The highest BCUT2D eigenvalue weighted by molar-refractivity contribution is 7.16. The molecule has 7 heteroatoms. The minimum absolute atomic E-state index is 0.0142. The Kier molecular flexibility index (Phi) is 4.28. The fourth-order valence-corrected chi connectivity index (χ4v) is 3.02. The van der Waals surface area contributed by atoms with E-state index in [0.717, 1.165) is 27.3 Å². The lowest BCUT2D eigenvalue weighted by molar-refractivity contribution is 0.220. The summed E-state index contributed by atoms with van der Waals surface area (Å²) in [5.74, 6) is 0. The van der Waals surface area contributed by atoms with E-state index in [2.05, 4.69) is 41.3 Å². The molecule has 2 N–H and O–H groups in total. The van der Waals surface area contributed by atoms with E-state index in [1.54, 1.807) is 28.8 Å². The number of fused-ring (bicyclic) bond motifs is 1. The molecule has 3 rings (SSSR count). The van der Waals surface area contributed by atoms with Crippen LogP contribution in [0.25, 0.3) is 10.2 Å². The van der Waals surface area contributed by atoms with Gasteiger partial charge in [0.15, 0.2) is 0 Å². The molecule has 0 atom stereocenters. The summed E-state index contributed by atoms with van der Waals surface area (Å²) in [7, 11) is 1.76. The predicted molar refractivity (Wildman–Crippen MR) is 97.4 cm³/mol. The number of urea groups is 1. The average molecular weight is 343 g/mol. The fraction of sp³-hybridized carbons (Fsp3) is 0.353. The molecule has 0 bridgehead atoms. The Balaban J connectivity index is 1.65. The van der Waals surface area contributed by atoms with Crippen LogP contribution in [0, 0.1) is 0 Å². The van der Waals surface area contributed by atoms with Gasteiger partial charge in [-0.1, -0.05) is 20.8 Å². The number of H-pyrrole nitrogens is 1. The number of rotatable bonds is 3. The molecule has 0 unspecified atom stereocenters. The van der Waals surface area contributed by atoms with Crippen LogP contribution >= 0.6 is 11.3 Å². The third-order valence-corrected chi connectivity index (χ3v) is 4.53. The second-order valence-corrected chi connectivity index (χ2v) is 7.74. The molecular formula is C17H21N5OS. The van der Waals surface area contributed by atoms with E-state index in [0.29, 0.717) is 6.54 Å². The van der Waals surface area contributed by atoms with Crippen molar-refractivity contribution in [3.05, 3.63) is 41.2 Å². The minimum atomic E-state index is -0.161. The van der Waals surface area contributed by atoms with Crippen LogP contribution in [0.3, 0.4) is 0 Å². The summed E-state index contributed by atoms with van der Waals surface area (Å²) in [5.41, 5.74) is 5.40. The van der Waals surface area contributed by atoms with Crippen LogP contribution in [0.5, 0.6) is 0 Å². The highest BCUT2D eigenvalue weighted by Gasteiger charge is 2.18. The van der Waals surface area contributed by atoms with Crippen molar-refractivity contribution < 1.29 is 4.79 Å². The van der Waals surface area contributed by atoms with Gasteiger partial charge >= 0.3 is 6.03 Å². The molecule has 126 valence electrons. The van der Waals surface area contributed by atoms with Gasteiger partial charge in [-0.05, 0) is 24.3 Å². The second-order valence-electron chi connectivity index (χ2n) is 6.85. The summed E-state index contributed by atoms with van der Waals surface area (Å²) in [4.78, 5) is 18.2. The summed E-state index contributed by atoms with van der Waals surface area (Å²) >= 11 is 1.56. The van der Waals surface area contributed by atoms with Gasteiger partial charge in [0.1, 0.15) is 0 Å². The van der Waals surface area contributed by atoms with Crippen molar-refractivity contribution in [1.82, 2.24) is 20.1 Å². The first-order valence-corrected chi connectivity index (χ1v) is 8.61. The Morgan fingerprint density at radius 1 is 1.33 bits per heavy atom. The maximum absolute atomic E-state index is 12.4. The summed E-state index contributed by atoms with van der Waals surface area (Å²) in [6.45, 7) is 6.80. The van der Waals surface area contributed by atoms with Gasteiger partial charge in [0.05, 0.1) is 33.7 Å². The zero-order chi connectivity index (χ0) is 17.3. The molecule has 2 amide bonds. The molecule has 2 heterocycles. The number of hydrogen-bond acceptors (Lipinski definition) is 4.